The van der Waals surface area contributed by atoms with Crippen LogP contribution < -0.4 is 15.5 Å². The van der Waals surface area contributed by atoms with Crippen LogP contribution in [0.1, 0.15) is 38.7 Å². The predicted molar refractivity (Wildman–Crippen MR) is 121 cm³/mol. The van der Waals surface area contributed by atoms with Gasteiger partial charge in [0.05, 0.1) is 5.92 Å². The van der Waals surface area contributed by atoms with Gasteiger partial charge in [0.25, 0.3) is 5.91 Å². The van der Waals surface area contributed by atoms with Gasteiger partial charge < -0.3 is 20.3 Å². The van der Waals surface area contributed by atoms with Crippen molar-refractivity contribution in [2.75, 3.05) is 22.6 Å². The molecule has 8 nitrogen and oxygen atoms in total. The van der Waals surface area contributed by atoms with E-state index in [2.05, 4.69) is 10.6 Å². The van der Waals surface area contributed by atoms with E-state index in [0.29, 0.717) is 22.6 Å². The van der Waals surface area contributed by atoms with Gasteiger partial charge in [0.15, 0.2) is 6.10 Å². The van der Waals surface area contributed by atoms with E-state index in [-0.39, 0.29) is 24.2 Å². The third-order valence-corrected chi connectivity index (χ3v) is 5.27. The van der Waals surface area contributed by atoms with Gasteiger partial charge in [-0.3, -0.25) is 19.2 Å². The Morgan fingerprint density at radius 3 is 2.34 bits per heavy atom. The summed E-state index contributed by atoms with van der Waals surface area (Å²) >= 11 is 0. The number of carbonyl (C=O) groups is 4. The second-order valence-corrected chi connectivity index (χ2v) is 8.12. The van der Waals surface area contributed by atoms with E-state index in [1.165, 1.54) is 11.8 Å². The quantitative estimate of drug-likeness (QED) is 0.675. The number of anilines is 3. The highest BCUT2D eigenvalue weighted by molar-refractivity contribution is 6.02. The molecule has 0 bridgehead atoms. The normalized spacial score (nSPS) is 16.2. The van der Waals surface area contributed by atoms with Gasteiger partial charge in [0.2, 0.25) is 11.8 Å². The smallest absolute Gasteiger partial charge is 0.314 e. The molecule has 8 heteroatoms. The Labute approximate surface area is 186 Å². The number of para-hydroxylation sites is 1. The predicted octanol–water partition coefficient (Wildman–Crippen LogP) is 3.30. The van der Waals surface area contributed by atoms with Crippen molar-refractivity contribution in [2.24, 2.45) is 5.92 Å². The molecule has 1 heterocycles. The number of amides is 3. The lowest BCUT2D eigenvalue weighted by Gasteiger charge is -2.31. The number of carbonyl (C=O) groups excluding carboxylic acids is 4. The van der Waals surface area contributed by atoms with Crippen LogP contribution in [0.3, 0.4) is 0 Å². The van der Waals surface area contributed by atoms with Gasteiger partial charge in [-0.15, -0.1) is 0 Å². The fourth-order valence-corrected chi connectivity index (χ4v) is 3.64. The van der Waals surface area contributed by atoms with Gasteiger partial charge >= 0.3 is 5.97 Å². The molecule has 2 unspecified atom stereocenters. The van der Waals surface area contributed by atoms with Crippen molar-refractivity contribution in [2.45, 2.75) is 39.2 Å². The monoisotopic (exact) mass is 437 g/mol. The van der Waals surface area contributed by atoms with E-state index in [4.69, 9.17) is 4.74 Å². The number of benzene rings is 2. The minimum absolute atomic E-state index is 0.0163. The van der Waals surface area contributed by atoms with Crippen LogP contribution >= 0.6 is 0 Å². The molecular formula is C24H27N3O5. The molecule has 0 radical (unpaired) electrons. The molecule has 0 saturated heterocycles. The highest BCUT2D eigenvalue weighted by atomic mass is 16.5. The number of hydrogen-bond donors (Lipinski definition) is 2. The molecule has 0 aliphatic carbocycles. The van der Waals surface area contributed by atoms with Crippen LogP contribution in [-0.2, 0) is 23.9 Å². The Morgan fingerprint density at radius 2 is 1.69 bits per heavy atom. The van der Waals surface area contributed by atoms with Crippen molar-refractivity contribution >= 4 is 40.8 Å². The summed E-state index contributed by atoms with van der Waals surface area (Å²) in [6.45, 7) is 4.95. The van der Waals surface area contributed by atoms with Gasteiger partial charge in [-0.1, -0.05) is 38.1 Å². The van der Waals surface area contributed by atoms with Gasteiger partial charge in [0.1, 0.15) is 0 Å². The SMILES string of the molecule is CC(=O)Nc1cccc(NC(=O)C(OC(=O)C2CC(=O)N(C)c3ccccc32)C(C)C)c1. The Kier molecular flexibility index (Phi) is 6.92. The van der Waals surface area contributed by atoms with E-state index < -0.39 is 23.9 Å². The van der Waals surface area contributed by atoms with E-state index in [1.54, 1.807) is 69.4 Å². The zero-order chi connectivity index (χ0) is 23.4. The highest BCUT2D eigenvalue weighted by Gasteiger charge is 2.37. The Bertz CT molecular complexity index is 1050. The van der Waals surface area contributed by atoms with Crippen molar-refractivity contribution in [1.29, 1.82) is 0 Å². The Balaban J connectivity index is 1.76. The standard InChI is InChI=1S/C24H27N3O5/c1-14(2)22(23(30)26-17-9-7-8-16(12-17)25-15(3)28)32-24(31)19-13-21(29)27(4)20-11-6-5-10-18(19)20/h5-12,14,19,22H,13H2,1-4H3,(H,25,28)(H,26,30). The van der Waals surface area contributed by atoms with Crippen molar-refractivity contribution in [1.82, 2.24) is 0 Å². The zero-order valence-corrected chi connectivity index (χ0v) is 18.5. The maximum Gasteiger partial charge on any atom is 0.314 e. The molecule has 2 atom stereocenters. The number of nitrogens with one attached hydrogen (secondary N) is 2. The minimum atomic E-state index is -1.05. The van der Waals surface area contributed by atoms with Gasteiger partial charge in [-0.25, -0.2) is 0 Å². The van der Waals surface area contributed by atoms with Crippen LogP contribution in [0.15, 0.2) is 48.5 Å². The van der Waals surface area contributed by atoms with Gasteiger partial charge in [-0.2, -0.15) is 0 Å². The van der Waals surface area contributed by atoms with Crippen molar-refractivity contribution in [3.05, 3.63) is 54.1 Å². The maximum absolute atomic E-state index is 13.0. The van der Waals surface area contributed by atoms with Crippen LogP contribution in [-0.4, -0.2) is 36.8 Å². The van der Waals surface area contributed by atoms with Crippen LogP contribution in [0.5, 0.6) is 0 Å². The van der Waals surface area contributed by atoms with E-state index in [9.17, 15) is 19.2 Å². The van der Waals surface area contributed by atoms with Gasteiger partial charge in [-0.05, 0) is 35.7 Å². The lowest BCUT2D eigenvalue weighted by molar-refractivity contribution is -0.159. The van der Waals surface area contributed by atoms with Gasteiger partial charge in [0, 0.05) is 37.5 Å². The Morgan fingerprint density at radius 1 is 1.03 bits per heavy atom. The first-order valence-electron chi connectivity index (χ1n) is 10.4. The number of esters is 1. The number of hydrogen-bond acceptors (Lipinski definition) is 5. The molecule has 2 aromatic carbocycles. The van der Waals surface area contributed by atoms with Crippen molar-refractivity contribution in [3.8, 4) is 0 Å². The first-order valence-corrected chi connectivity index (χ1v) is 10.4. The first kappa shape index (κ1) is 23.0. The van der Waals surface area contributed by atoms with Crippen LogP contribution in [0.25, 0.3) is 0 Å². The molecule has 1 aliphatic heterocycles. The fraction of sp³-hybridized carbons (Fsp3) is 0.333. The molecule has 0 fully saturated rings. The average Bonchev–Trinajstić information content (AvgIpc) is 2.74. The molecule has 0 saturated carbocycles. The molecule has 1 aliphatic rings. The molecule has 3 amide bonds. The molecule has 3 rings (SSSR count). The molecule has 0 spiro atoms. The first-order chi connectivity index (χ1) is 15.2. The largest absolute Gasteiger partial charge is 0.451 e. The lowest BCUT2D eigenvalue weighted by Crippen LogP contribution is -2.40. The summed E-state index contributed by atoms with van der Waals surface area (Å²) in [5.41, 5.74) is 2.36. The summed E-state index contributed by atoms with van der Waals surface area (Å²) in [6.07, 6.45) is -1.06. The number of fused-ring (bicyclic) bond motifs is 1. The molecule has 0 aromatic heterocycles. The molecule has 2 N–H and O–H groups in total. The number of nitrogens with zero attached hydrogens (tertiary/aromatic N) is 1. The van der Waals surface area contributed by atoms with E-state index >= 15 is 0 Å². The fourth-order valence-electron chi connectivity index (χ4n) is 3.64. The van der Waals surface area contributed by atoms with Crippen molar-refractivity contribution in [3.63, 3.8) is 0 Å². The summed E-state index contributed by atoms with van der Waals surface area (Å²) in [5.74, 6) is -2.58. The lowest BCUT2D eigenvalue weighted by atomic mass is 9.89. The van der Waals surface area contributed by atoms with E-state index in [1.807, 2.05) is 0 Å². The van der Waals surface area contributed by atoms with Crippen LogP contribution in [0, 0.1) is 5.92 Å². The third-order valence-electron chi connectivity index (χ3n) is 5.27. The number of rotatable bonds is 6. The maximum atomic E-state index is 13.0. The van der Waals surface area contributed by atoms with Crippen molar-refractivity contribution < 1.29 is 23.9 Å². The average molecular weight is 437 g/mol. The number of ether oxygens (including phenoxy) is 1. The molecule has 2 aromatic rings. The van der Waals surface area contributed by atoms with Crippen LogP contribution in [0.2, 0.25) is 0 Å². The summed E-state index contributed by atoms with van der Waals surface area (Å²) in [6, 6.07) is 13.9. The van der Waals surface area contributed by atoms with Crippen LogP contribution in [0.4, 0.5) is 17.1 Å². The second-order valence-electron chi connectivity index (χ2n) is 8.12. The summed E-state index contributed by atoms with van der Waals surface area (Å²) in [5, 5.41) is 5.39. The highest BCUT2D eigenvalue weighted by Crippen LogP contribution is 2.36. The summed E-state index contributed by atoms with van der Waals surface area (Å²) in [7, 11) is 1.67. The Hall–Kier alpha value is -3.68. The summed E-state index contributed by atoms with van der Waals surface area (Å²) in [4.78, 5) is 51.1. The summed E-state index contributed by atoms with van der Waals surface area (Å²) < 4.78 is 5.63. The molecular weight excluding hydrogens is 410 g/mol. The molecule has 168 valence electrons. The second kappa shape index (κ2) is 9.64. The van der Waals surface area contributed by atoms with E-state index in [0.717, 1.165) is 0 Å². The third kappa shape index (κ3) is 5.14. The topological polar surface area (TPSA) is 105 Å². The molecule has 32 heavy (non-hydrogen) atoms. The zero-order valence-electron chi connectivity index (χ0n) is 18.5. The minimum Gasteiger partial charge on any atom is -0.451 e.